The average Bonchev–Trinajstić information content (AvgIpc) is 3.09. The molecular weight excluding hydrogens is 446 g/mol. The molecule has 3 rings (SSSR count). The highest BCUT2D eigenvalue weighted by Gasteiger charge is 2.28. The highest BCUT2D eigenvalue weighted by Crippen LogP contribution is 2.21. The molecule has 0 N–H and O–H groups in total. The minimum absolute atomic E-state index is 0.185. The van der Waals surface area contributed by atoms with Gasteiger partial charge >= 0.3 is 11.9 Å². The van der Waals surface area contributed by atoms with Crippen molar-refractivity contribution in [2.45, 2.75) is 33.2 Å². The molecule has 1 aromatic carbocycles. The van der Waals surface area contributed by atoms with Crippen molar-refractivity contribution in [1.29, 1.82) is 0 Å². The number of ether oxygens (including phenoxy) is 2. The Hall–Kier alpha value is -3.13. The second-order valence-electron chi connectivity index (χ2n) is 7.95. The number of aromatic nitrogens is 2. The van der Waals surface area contributed by atoms with E-state index in [2.05, 4.69) is 5.10 Å². The van der Waals surface area contributed by atoms with Crippen LogP contribution in [0.2, 0.25) is 5.02 Å². The molecule has 0 saturated carbocycles. The van der Waals surface area contributed by atoms with Gasteiger partial charge in [0, 0.05) is 35.4 Å². The Balaban J connectivity index is 1.52. The lowest BCUT2D eigenvalue weighted by Crippen LogP contribution is -2.42. The number of amides is 1. The van der Waals surface area contributed by atoms with Crippen LogP contribution >= 0.6 is 11.6 Å². The molecule has 2 heterocycles. The van der Waals surface area contributed by atoms with E-state index in [0.717, 1.165) is 22.5 Å². The van der Waals surface area contributed by atoms with Gasteiger partial charge in [-0.1, -0.05) is 29.8 Å². The fourth-order valence-corrected chi connectivity index (χ4v) is 4.04. The van der Waals surface area contributed by atoms with E-state index in [4.69, 9.17) is 21.1 Å². The highest BCUT2D eigenvalue weighted by atomic mass is 35.5. The van der Waals surface area contributed by atoms with Crippen LogP contribution in [0.25, 0.3) is 6.08 Å². The molecule has 9 heteroatoms. The minimum atomic E-state index is -0.606. The number of aryl methyl sites for hydroxylation is 1. The first kappa shape index (κ1) is 24.5. The summed E-state index contributed by atoms with van der Waals surface area (Å²) >= 11 is 6.25. The number of esters is 2. The SMILES string of the molecule is COC(=O)C1CCN(C(=O)COC(=O)/C=C\c2c(C)nn(Cc3ccccc3Cl)c2C)CC1. The van der Waals surface area contributed by atoms with E-state index in [-0.39, 0.29) is 24.4 Å². The van der Waals surface area contributed by atoms with Gasteiger partial charge in [-0.25, -0.2) is 4.79 Å². The lowest BCUT2D eigenvalue weighted by atomic mass is 9.97. The topological polar surface area (TPSA) is 90.7 Å². The summed E-state index contributed by atoms with van der Waals surface area (Å²) in [7, 11) is 1.36. The van der Waals surface area contributed by atoms with Crippen LogP contribution in [0, 0.1) is 19.8 Å². The fourth-order valence-electron chi connectivity index (χ4n) is 3.85. The largest absolute Gasteiger partial charge is 0.469 e. The summed E-state index contributed by atoms with van der Waals surface area (Å²) in [5.41, 5.74) is 3.43. The van der Waals surface area contributed by atoms with Gasteiger partial charge in [0.05, 0.1) is 25.3 Å². The minimum Gasteiger partial charge on any atom is -0.469 e. The molecule has 1 fully saturated rings. The van der Waals surface area contributed by atoms with Gasteiger partial charge in [-0.05, 0) is 44.4 Å². The van der Waals surface area contributed by atoms with Crippen LogP contribution in [-0.2, 0) is 30.4 Å². The Bertz CT molecular complexity index is 1050. The van der Waals surface area contributed by atoms with Crippen molar-refractivity contribution in [3.05, 3.63) is 57.9 Å². The molecule has 0 atom stereocenters. The summed E-state index contributed by atoms with van der Waals surface area (Å²) in [6, 6.07) is 7.58. The molecule has 0 unspecified atom stereocenters. The molecule has 0 spiro atoms. The molecule has 1 aliphatic heterocycles. The maximum Gasteiger partial charge on any atom is 0.331 e. The predicted octanol–water partition coefficient (Wildman–Crippen LogP) is 3.17. The number of piperidine rings is 1. The second-order valence-corrected chi connectivity index (χ2v) is 8.36. The molecule has 1 aromatic heterocycles. The number of carbonyl (C=O) groups is 3. The summed E-state index contributed by atoms with van der Waals surface area (Å²) in [5.74, 6) is -1.32. The molecule has 176 valence electrons. The van der Waals surface area contributed by atoms with Crippen molar-refractivity contribution < 1.29 is 23.9 Å². The van der Waals surface area contributed by atoms with Gasteiger partial charge in [0.2, 0.25) is 0 Å². The van der Waals surface area contributed by atoms with Gasteiger partial charge in [0.15, 0.2) is 6.61 Å². The monoisotopic (exact) mass is 473 g/mol. The standard InChI is InChI=1S/C24H28ClN3O5/c1-16-20(17(2)28(26-16)14-19-6-4-5-7-21(19)25)8-9-23(30)33-15-22(29)27-12-10-18(11-13-27)24(31)32-3/h4-9,18H,10-15H2,1-3H3/b9-8-. The van der Waals surface area contributed by atoms with Gasteiger partial charge in [0.1, 0.15) is 0 Å². The summed E-state index contributed by atoms with van der Waals surface area (Å²) in [6.45, 7) is 4.84. The van der Waals surface area contributed by atoms with Gasteiger partial charge in [-0.3, -0.25) is 14.3 Å². The highest BCUT2D eigenvalue weighted by molar-refractivity contribution is 6.31. The number of nitrogens with zero attached hydrogens (tertiary/aromatic N) is 3. The number of carbonyl (C=O) groups excluding carboxylic acids is 3. The summed E-state index contributed by atoms with van der Waals surface area (Å²) in [5, 5.41) is 5.22. The number of methoxy groups -OCH3 is 1. The maximum absolute atomic E-state index is 12.3. The maximum atomic E-state index is 12.3. The van der Waals surface area contributed by atoms with Crippen LogP contribution < -0.4 is 0 Å². The average molecular weight is 474 g/mol. The number of hydrogen-bond acceptors (Lipinski definition) is 6. The van der Waals surface area contributed by atoms with Crippen LogP contribution in [0.4, 0.5) is 0 Å². The van der Waals surface area contributed by atoms with Gasteiger partial charge < -0.3 is 14.4 Å². The van der Waals surface area contributed by atoms with Crippen molar-refractivity contribution in [3.8, 4) is 0 Å². The van der Waals surface area contributed by atoms with Crippen LogP contribution in [0.3, 0.4) is 0 Å². The third-order valence-electron chi connectivity index (χ3n) is 5.82. The van der Waals surface area contributed by atoms with Crippen molar-refractivity contribution in [2.75, 3.05) is 26.8 Å². The molecule has 0 radical (unpaired) electrons. The normalized spacial score (nSPS) is 14.5. The van der Waals surface area contributed by atoms with E-state index >= 15 is 0 Å². The predicted molar refractivity (Wildman–Crippen MR) is 124 cm³/mol. The van der Waals surface area contributed by atoms with E-state index < -0.39 is 5.97 Å². The molecule has 1 aliphatic rings. The van der Waals surface area contributed by atoms with Crippen molar-refractivity contribution >= 4 is 35.5 Å². The van der Waals surface area contributed by atoms with Crippen LogP contribution in [0.15, 0.2) is 30.3 Å². The Morgan fingerprint density at radius 1 is 1.18 bits per heavy atom. The molecule has 0 bridgehead atoms. The lowest BCUT2D eigenvalue weighted by Gasteiger charge is -2.30. The second kappa shape index (κ2) is 11.1. The van der Waals surface area contributed by atoms with Gasteiger partial charge in [0.25, 0.3) is 5.91 Å². The first-order valence-electron chi connectivity index (χ1n) is 10.8. The van der Waals surface area contributed by atoms with Gasteiger partial charge in [-0.2, -0.15) is 5.10 Å². The molecular formula is C24H28ClN3O5. The van der Waals surface area contributed by atoms with Crippen LogP contribution in [0.1, 0.15) is 35.4 Å². The molecule has 8 nitrogen and oxygen atoms in total. The summed E-state index contributed by atoms with van der Waals surface area (Å²) in [4.78, 5) is 37.7. The quantitative estimate of drug-likeness (QED) is 0.453. The molecule has 33 heavy (non-hydrogen) atoms. The third-order valence-corrected chi connectivity index (χ3v) is 6.19. The summed E-state index contributed by atoms with van der Waals surface area (Å²) in [6.07, 6.45) is 4.04. The first-order chi connectivity index (χ1) is 15.8. The van der Waals surface area contributed by atoms with E-state index in [1.807, 2.05) is 42.8 Å². The Morgan fingerprint density at radius 2 is 1.88 bits per heavy atom. The van der Waals surface area contributed by atoms with Crippen molar-refractivity contribution in [3.63, 3.8) is 0 Å². The Morgan fingerprint density at radius 3 is 2.55 bits per heavy atom. The molecule has 2 aromatic rings. The number of benzene rings is 1. The van der Waals surface area contributed by atoms with Crippen LogP contribution in [0.5, 0.6) is 0 Å². The van der Waals surface area contributed by atoms with Crippen molar-refractivity contribution in [2.24, 2.45) is 5.92 Å². The summed E-state index contributed by atoms with van der Waals surface area (Å²) < 4.78 is 11.7. The van der Waals surface area contributed by atoms with E-state index in [0.29, 0.717) is 37.5 Å². The van der Waals surface area contributed by atoms with E-state index in [1.165, 1.54) is 13.2 Å². The molecule has 1 saturated heterocycles. The first-order valence-corrected chi connectivity index (χ1v) is 11.2. The zero-order valence-corrected chi connectivity index (χ0v) is 19.8. The lowest BCUT2D eigenvalue weighted by molar-refractivity contribution is -0.151. The Labute approximate surface area is 198 Å². The number of likely N-dealkylation sites (tertiary alicyclic amines) is 1. The third kappa shape index (κ3) is 6.22. The van der Waals surface area contributed by atoms with Gasteiger partial charge in [-0.15, -0.1) is 0 Å². The Kier molecular flexibility index (Phi) is 8.27. The van der Waals surface area contributed by atoms with Crippen molar-refractivity contribution in [1.82, 2.24) is 14.7 Å². The van der Waals surface area contributed by atoms with E-state index in [1.54, 1.807) is 11.0 Å². The zero-order valence-electron chi connectivity index (χ0n) is 19.0. The molecule has 1 amide bonds. The number of hydrogen-bond donors (Lipinski definition) is 0. The van der Waals surface area contributed by atoms with Crippen LogP contribution in [-0.4, -0.2) is 59.3 Å². The molecule has 0 aliphatic carbocycles. The number of rotatable bonds is 7. The zero-order chi connectivity index (χ0) is 24.0. The smallest absolute Gasteiger partial charge is 0.331 e. The number of halogens is 1. The fraction of sp³-hybridized carbons (Fsp3) is 0.417. The van der Waals surface area contributed by atoms with E-state index in [9.17, 15) is 14.4 Å².